The Morgan fingerprint density at radius 2 is 1.71 bits per heavy atom. The summed E-state index contributed by atoms with van der Waals surface area (Å²) in [5.41, 5.74) is 2.92. The molecule has 35 heavy (non-hydrogen) atoms. The predicted molar refractivity (Wildman–Crippen MR) is 146 cm³/mol. The van der Waals surface area contributed by atoms with Gasteiger partial charge in [-0.3, -0.25) is 9.79 Å². The summed E-state index contributed by atoms with van der Waals surface area (Å²) in [4.78, 5) is 17.7. The Balaban J connectivity index is 1.58. The number of fused-ring (bicyclic) bond motifs is 7. The van der Waals surface area contributed by atoms with Gasteiger partial charge in [-0.25, -0.2) is 0 Å². The Kier molecular flexibility index (Phi) is 5.65. The number of carbonyl (C=O) groups is 1. The third kappa shape index (κ3) is 3.35. The van der Waals surface area contributed by atoms with Gasteiger partial charge in [0.15, 0.2) is 0 Å². The van der Waals surface area contributed by atoms with E-state index in [-0.39, 0.29) is 21.7 Å². The first-order chi connectivity index (χ1) is 16.3. The van der Waals surface area contributed by atoms with Crippen LogP contribution in [0, 0.1) is 62.6 Å². The summed E-state index contributed by atoms with van der Waals surface area (Å²) in [7, 11) is 0. The van der Waals surface area contributed by atoms with E-state index in [2.05, 4.69) is 66.7 Å². The van der Waals surface area contributed by atoms with Crippen LogP contribution in [0.5, 0.6) is 0 Å². The van der Waals surface area contributed by atoms with Gasteiger partial charge in [0, 0.05) is 23.5 Å². The zero-order valence-electron chi connectivity index (χ0n) is 23.6. The maximum Gasteiger partial charge on any atom is 0.138 e. The van der Waals surface area contributed by atoms with Crippen molar-refractivity contribution in [2.45, 2.75) is 113 Å². The third-order valence-electron chi connectivity index (χ3n) is 13.0. The van der Waals surface area contributed by atoms with Crippen LogP contribution in [0.1, 0.15) is 113 Å². The van der Waals surface area contributed by atoms with Gasteiger partial charge in [-0.15, -0.1) is 6.42 Å². The maximum absolute atomic E-state index is 13.0. The standard InChI is InChI=1S/C33H49NO/c1-9-20-34-22-33-18-16-28(2,3)21-24(33)23-10-11-26-30(6)14-13-27(35)29(4,5)25(30)12-15-32(26,8)31(23,7)17-19-33/h1,10,22,24-26H,11-21H2,2-8H3/t24-,25-,26+,30-,31+,32+,33+/m0/s1. The van der Waals surface area contributed by atoms with Crippen LogP contribution in [0.25, 0.3) is 0 Å². The minimum atomic E-state index is -0.179. The first-order valence-electron chi connectivity index (χ1n) is 14.4. The van der Waals surface area contributed by atoms with Crippen LogP contribution in [0.3, 0.4) is 0 Å². The van der Waals surface area contributed by atoms with Gasteiger partial charge in [-0.1, -0.05) is 66.0 Å². The second kappa shape index (κ2) is 7.82. The minimum absolute atomic E-state index is 0.179. The number of terminal acetylenes is 1. The summed E-state index contributed by atoms with van der Waals surface area (Å²) >= 11 is 0. The summed E-state index contributed by atoms with van der Waals surface area (Å²) in [6, 6.07) is 0. The maximum atomic E-state index is 13.0. The van der Waals surface area contributed by atoms with Gasteiger partial charge in [-0.2, -0.15) is 0 Å². The van der Waals surface area contributed by atoms with E-state index < -0.39 is 0 Å². The normalized spacial score (nSPS) is 48.1. The molecule has 0 aromatic heterocycles. The number of Topliss-reactive ketones (excluding diaryl/α,β-unsaturated/α-hetero) is 1. The van der Waals surface area contributed by atoms with Crippen molar-refractivity contribution in [2.24, 2.45) is 55.2 Å². The van der Waals surface area contributed by atoms with Gasteiger partial charge in [0.1, 0.15) is 5.78 Å². The van der Waals surface area contributed by atoms with Crippen LogP contribution in [0.4, 0.5) is 0 Å². The molecule has 5 aliphatic carbocycles. The van der Waals surface area contributed by atoms with Gasteiger partial charge >= 0.3 is 0 Å². The summed E-state index contributed by atoms with van der Waals surface area (Å²) in [6.07, 6.45) is 22.4. The number of allylic oxidation sites excluding steroid dienone is 2. The van der Waals surface area contributed by atoms with Crippen molar-refractivity contribution >= 4 is 12.0 Å². The zero-order valence-corrected chi connectivity index (χ0v) is 23.6. The lowest BCUT2D eigenvalue weighted by atomic mass is 9.33. The molecule has 4 fully saturated rings. The fourth-order valence-corrected chi connectivity index (χ4v) is 10.6. The summed E-state index contributed by atoms with van der Waals surface area (Å²) in [5.74, 6) is 4.98. The van der Waals surface area contributed by atoms with Crippen molar-refractivity contribution < 1.29 is 4.79 Å². The average molecular weight is 476 g/mol. The van der Waals surface area contributed by atoms with E-state index in [1.807, 2.05) is 0 Å². The minimum Gasteiger partial charge on any atom is -0.299 e. The molecular formula is C33H49NO. The number of aliphatic imine (C=N–C) groups is 1. The largest absolute Gasteiger partial charge is 0.299 e. The quantitative estimate of drug-likeness (QED) is 0.225. The van der Waals surface area contributed by atoms with E-state index >= 15 is 0 Å². The first-order valence-corrected chi connectivity index (χ1v) is 14.4. The van der Waals surface area contributed by atoms with Gasteiger partial charge < -0.3 is 0 Å². The van der Waals surface area contributed by atoms with E-state index in [1.165, 1.54) is 51.4 Å². The number of ketones is 1. The summed E-state index contributed by atoms with van der Waals surface area (Å²) < 4.78 is 0. The van der Waals surface area contributed by atoms with Gasteiger partial charge in [0.05, 0.1) is 6.54 Å². The van der Waals surface area contributed by atoms with Gasteiger partial charge in [0.25, 0.3) is 0 Å². The Labute approximate surface area is 215 Å². The number of rotatable bonds is 2. The monoisotopic (exact) mass is 475 g/mol. The van der Waals surface area contributed by atoms with Crippen molar-refractivity contribution in [3.63, 3.8) is 0 Å². The molecule has 0 amide bonds. The van der Waals surface area contributed by atoms with Crippen LogP contribution >= 0.6 is 0 Å². The molecule has 5 rings (SSSR count). The van der Waals surface area contributed by atoms with Gasteiger partial charge in [0.2, 0.25) is 0 Å². The molecule has 0 aromatic carbocycles. The molecule has 0 N–H and O–H groups in total. The van der Waals surface area contributed by atoms with Crippen LogP contribution in [-0.2, 0) is 4.79 Å². The lowest BCUT2D eigenvalue weighted by Crippen LogP contribution is -2.64. The van der Waals surface area contributed by atoms with Gasteiger partial charge in [-0.05, 0) is 97.2 Å². The van der Waals surface area contributed by atoms with E-state index in [1.54, 1.807) is 5.57 Å². The van der Waals surface area contributed by atoms with Crippen LogP contribution in [-0.4, -0.2) is 18.5 Å². The van der Waals surface area contributed by atoms with Crippen molar-refractivity contribution in [1.82, 2.24) is 0 Å². The third-order valence-corrected chi connectivity index (χ3v) is 13.0. The topological polar surface area (TPSA) is 29.4 Å². The Bertz CT molecular complexity index is 1010. The molecular weight excluding hydrogens is 426 g/mol. The molecule has 7 atom stereocenters. The molecule has 0 bridgehead atoms. The molecule has 2 nitrogen and oxygen atoms in total. The summed E-state index contributed by atoms with van der Waals surface area (Å²) in [6.45, 7) is 17.8. The number of carbonyl (C=O) groups excluding carboxylic acids is 1. The lowest BCUT2D eigenvalue weighted by molar-refractivity contribution is -0.182. The number of nitrogens with zero attached hydrogens (tertiary/aromatic N) is 1. The second-order valence-corrected chi connectivity index (χ2v) is 15.3. The smallest absolute Gasteiger partial charge is 0.138 e. The molecule has 0 radical (unpaired) electrons. The van der Waals surface area contributed by atoms with E-state index in [0.29, 0.717) is 40.9 Å². The fourth-order valence-electron chi connectivity index (χ4n) is 10.6. The van der Waals surface area contributed by atoms with E-state index in [9.17, 15) is 4.79 Å². The van der Waals surface area contributed by atoms with Crippen LogP contribution in [0.2, 0.25) is 0 Å². The molecule has 0 saturated heterocycles. The van der Waals surface area contributed by atoms with E-state index in [4.69, 9.17) is 11.4 Å². The van der Waals surface area contributed by atoms with Crippen LogP contribution in [0.15, 0.2) is 16.6 Å². The highest BCUT2D eigenvalue weighted by Crippen LogP contribution is 2.75. The van der Waals surface area contributed by atoms with Crippen LogP contribution < -0.4 is 0 Å². The highest BCUT2D eigenvalue weighted by Gasteiger charge is 2.68. The van der Waals surface area contributed by atoms with Crippen molar-refractivity contribution in [3.8, 4) is 12.3 Å². The molecule has 0 heterocycles. The SMILES string of the molecule is C#CCN=C[C@]12CCC(C)(C)C[C@H]1C1=CC[C@@H]3[C@@]4(C)CCC(=O)C(C)(C)[C@@H]4CC[C@@]3(C)[C@]1(C)CC2. The highest BCUT2D eigenvalue weighted by molar-refractivity contribution is 5.85. The number of hydrogen-bond donors (Lipinski definition) is 0. The van der Waals surface area contributed by atoms with Crippen molar-refractivity contribution in [2.75, 3.05) is 6.54 Å². The Morgan fingerprint density at radius 3 is 2.43 bits per heavy atom. The first kappa shape index (κ1) is 25.3. The molecule has 0 unspecified atom stereocenters. The second-order valence-electron chi connectivity index (χ2n) is 15.3. The predicted octanol–water partition coefficient (Wildman–Crippen LogP) is 8.06. The average Bonchev–Trinajstić information content (AvgIpc) is 2.78. The highest BCUT2D eigenvalue weighted by atomic mass is 16.1. The fraction of sp³-hybridized carbons (Fsp3) is 0.818. The molecule has 5 aliphatic rings. The van der Waals surface area contributed by atoms with Crippen molar-refractivity contribution in [1.29, 1.82) is 0 Å². The Hall–Kier alpha value is -1.36. The molecule has 0 aliphatic heterocycles. The molecule has 4 saturated carbocycles. The molecule has 2 heteroatoms. The summed E-state index contributed by atoms with van der Waals surface area (Å²) in [5, 5.41) is 0. The van der Waals surface area contributed by atoms with Crippen molar-refractivity contribution in [3.05, 3.63) is 11.6 Å². The molecule has 0 aromatic rings. The number of hydrogen-bond acceptors (Lipinski definition) is 2. The molecule has 192 valence electrons. The zero-order chi connectivity index (χ0) is 25.5. The molecule has 0 spiro atoms. The lowest BCUT2D eigenvalue weighted by Gasteiger charge is -2.70. The van der Waals surface area contributed by atoms with E-state index in [0.717, 1.165) is 12.8 Å². The Morgan fingerprint density at radius 1 is 1.00 bits per heavy atom.